The Morgan fingerprint density at radius 3 is 2.40 bits per heavy atom. The summed E-state index contributed by atoms with van der Waals surface area (Å²) in [7, 11) is 0. The van der Waals surface area contributed by atoms with Gasteiger partial charge in [0.25, 0.3) is 11.8 Å². The van der Waals surface area contributed by atoms with Gasteiger partial charge in [-0.1, -0.05) is 101 Å². The van der Waals surface area contributed by atoms with Crippen LogP contribution in [-0.2, 0) is 44.7 Å². The zero-order chi connectivity index (χ0) is 46.6. The fourth-order valence-corrected chi connectivity index (χ4v) is 12.2. The van der Waals surface area contributed by atoms with Crippen molar-refractivity contribution in [1.29, 1.82) is 0 Å². The number of aliphatic hydroxyl groups excluding tert-OH is 2. The lowest BCUT2D eigenvalue weighted by molar-refractivity contribution is -0.201. The summed E-state index contributed by atoms with van der Waals surface area (Å²) in [6, 6.07) is 14.4. The Labute approximate surface area is 380 Å². The van der Waals surface area contributed by atoms with Gasteiger partial charge in [0.05, 0.1) is 18.2 Å². The molecule has 0 unspecified atom stereocenters. The highest BCUT2D eigenvalue weighted by Gasteiger charge is 2.75. The number of nitrogens with zero attached hydrogens (tertiary/aromatic N) is 1. The van der Waals surface area contributed by atoms with Crippen LogP contribution in [0.2, 0.25) is 0 Å². The van der Waals surface area contributed by atoms with E-state index < -0.39 is 71.6 Å². The van der Waals surface area contributed by atoms with E-state index in [9.17, 15) is 39.0 Å². The molecule has 4 amide bonds. The van der Waals surface area contributed by atoms with Crippen LogP contribution in [0.25, 0.3) is 0 Å². The topological polar surface area (TPSA) is 189 Å². The molecule has 13 heteroatoms. The van der Waals surface area contributed by atoms with E-state index in [1.54, 1.807) is 26.8 Å². The summed E-state index contributed by atoms with van der Waals surface area (Å²) in [5, 5.41) is 28.1. The number of carbonyl (C=O) groups is 6. The van der Waals surface area contributed by atoms with E-state index in [2.05, 4.69) is 43.2 Å². The molecule has 2 aromatic rings. The lowest BCUT2D eigenvalue weighted by Gasteiger charge is -2.59. The van der Waals surface area contributed by atoms with Gasteiger partial charge in [-0.2, -0.15) is 0 Å². The number of imide groups is 1. The van der Waals surface area contributed by atoms with Gasteiger partial charge in [0, 0.05) is 65.5 Å². The van der Waals surface area contributed by atoms with Gasteiger partial charge in [-0.15, -0.1) is 0 Å². The summed E-state index contributed by atoms with van der Waals surface area (Å²) < 4.78 is 13.5. The third kappa shape index (κ3) is 8.30. The molecule has 0 radical (unpaired) electrons. The number of carbonyl (C=O) groups excluding carboxylic acids is 6. The van der Waals surface area contributed by atoms with Crippen LogP contribution in [0.5, 0.6) is 0 Å². The van der Waals surface area contributed by atoms with Crippen molar-refractivity contribution in [3.63, 3.8) is 0 Å². The quantitative estimate of drug-likeness (QED) is 0.158. The molecule has 2 heterocycles. The van der Waals surface area contributed by atoms with Gasteiger partial charge in [-0.05, 0) is 78.7 Å². The van der Waals surface area contributed by atoms with Crippen LogP contribution in [0, 0.1) is 40.4 Å². The number of anilines is 1. The monoisotopic (exact) mass is 887 g/mol. The summed E-state index contributed by atoms with van der Waals surface area (Å²) in [6.45, 7) is 12.9. The number of aliphatic hydroxyl groups is 2. The summed E-state index contributed by atoms with van der Waals surface area (Å²) in [6.07, 6.45) is 9.66. The molecule has 344 valence electrons. The van der Waals surface area contributed by atoms with Crippen molar-refractivity contribution in [1.82, 2.24) is 10.2 Å². The number of allylic oxidation sites excluding steroid dienone is 5. The first kappa shape index (κ1) is 46.2. The van der Waals surface area contributed by atoms with Crippen molar-refractivity contribution in [2.24, 2.45) is 40.4 Å². The fraction of sp³-hybridized carbons (Fsp3) is 0.500. The SMILES string of the molecule is C=C1C=C[C@@]2(C)C(=C1)CC[C@@H]1[C@@H]2[C@@H](O)C[C@@]2(C)[C@H]1C[C@H]1O[C@@H](c3ccc(Cc4cccc(NC(=O)[C@H](C)CC(=O)[C@@H](NC(=O)CCN5C(=O)C=CC5=O)C(C)C)c4)cc3)O[C@]12C(=O)CO. The molecular weight excluding hydrogens is 827 g/mol. The van der Waals surface area contributed by atoms with E-state index in [0.717, 1.165) is 52.2 Å². The maximum atomic E-state index is 14.0. The smallest absolute Gasteiger partial charge is 0.253 e. The number of fused-ring (bicyclic) bond motifs is 7. The number of hydrogen-bond acceptors (Lipinski definition) is 10. The Kier molecular flexibility index (Phi) is 12.7. The Bertz CT molecular complexity index is 2370. The second-order valence-electron chi connectivity index (χ2n) is 19.9. The molecule has 0 spiro atoms. The number of Topliss-reactive ketones (excluding diaryl/α,β-unsaturated/α-hetero) is 2. The lowest BCUT2D eigenvalue weighted by atomic mass is 9.46. The van der Waals surface area contributed by atoms with E-state index in [1.807, 2.05) is 48.5 Å². The van der Waals surface area contributed by atoms with Crippen LogP contribution < -0.4 is 10.6 Å². The van der Waals surface area contributed by atoms with Crippen molar-refractivity contribution in [3.8, 4) is 0 Å². The zero-order valence-electron chi connectivity index (χ0n) is 37.9. The molecule has 3 saturated carbocycles. The van der Waals surface area contributed by atoms with Gasteiger partial charge in [-0.25, -0.2) is 0 Å². The summed E-state index contributed by atoms with van der Waals surface area (Å²) in [5.74, 6) is -3.26. The maximum absolute atomic E-state index is 14.0. The molecule has 4 aliphatic carbocycles. The first-order chi connectivity index (χ1) is 30.9. The third-order valence-electron chi connectivity index (χ3n) is 15.5. The molecule has 65 heavy (non-hydrogen) atoms. The molecule has 2 aliphatic heterocycles. The summed E-state index contributed by atoms with van der Waals surface area (Å²) in [4.78, 5) is 78.0. The van der Waals surface area contributed by atoms with E-state index >= 15 is 0 Å². The van der Waals surface area contributed by atoms with Crippen LogP contribution in [-0.4, -0.2) is 87.3 Å². The Morgan fingerprint density at radius 2 is 1.71 bits per heavy atom. The zero-order valence-corrected chi connectivity index (χ0v) is 37.9. The van der Waals surface area contributed by atoms with Crippen molar-refractivity contribution in [2.45, 2.75) is 110 Å². The standard InChI is InChI=1S/C52H61N3O10/c1-29(2)47(54-43(60)19-21-55-44(61)16-17-45(55)62)39(57)23-31(4)48(63)53-36-9-7-8-33(25-36)24-32-10-12-34(13-11-32)49-64-42-26-38-37-15-14-35-22-30(3)18-20-50(35,5)46(37)40(58)27-51(38,6)52(42,65-49)41(59)28-56/h7-13,16-18,20,22,25,29,31,37-38,40,42,46-47,49,56,58H,3,14-15,19,21,23-24,26-28H2,1-2,4-6H3,(H,53,63)(H,54,60)/t31-,37+,38+,40+,42-,46-,47+,49-,50+,51+,52-/m1/s1. The number of ketones is 2. The molecule has 2 aromatic carbocycles. The first-order valence-electron chi connectivity index (χ1n) is 23.0. The normalized spacial score (nSPS) is 32.0. The Hall–Kier alpha value is -5.34. The highest BCUT2D eigenvalue weighted by atomic mass is 16.7. The highest BCUT2D eigenvalue weighted by molar-refractivity contribution is 6.13. The largest absolute Gasteiger partial charge is 0.393 e. The molecule has 4 fully saturated rings. The van der Waals surface area contributed by atoms with Crippen molar-refractivity contribution >= 4 is 40.9 Å². The van der Waals surface area contributed by atoms with E-state index in [-0.39, 0.29) is 60.2 Å². The predicted molar refractivity (Wildman–Crippen MR) is 241 cm³/mol. The number of rotatable bonds is 15. The van der Waals surface area contributed by atoms with Gasteiger partial charge < -0.3 is 30.3 Å². The summed E-state index contributed by atoms with van der Waals surface area (Å²) >= 11 is 0. The molecule has 13 nitrogen and oxygen atoms in total. The van der Waals surface area contributed by atoms with Gasteiger partial charge in [0.2, 0.25) is 11.8 Å². The molecule has 0 aromatic heterocycles. The predicted octanol–water partition coefficient (Wildman–Crippen LogP) is 5.86. The molecule has 4 N–H and O–H groups in total. The molecule has 1 saturated heterocycles. The average molecular weight is 888 g/mol. The van der Waals surface area contributed by atoms with Crippen LogP contribution in [0.4, 0.5) is 5.69 Å². The second kappa shape index (κ2) is 17.8. The van der Waals surface area contributed by atoms with Crippen LogP contribution >= 0.6 is 0 Å². The number of nitrogens with one attached hydrogen (secondary N) is 2. The Morgan fingerprint density at radius 1 is 0.985 bits per heavy atom. The molecule has 8 rings (SSSR count). The lowest BCUT2D eigenvalue weighted by Crippen LogP contribution is -2.63. The van der Waals surface area contributed by atoms with E-state index in [1.165, 1.54) is 5.57 Å². The Balaban J connectivity index is 0.878. The fourth-order valence-electron chi connectivity index (χ4n) is 12.2. The van der Waals surface area contributed by atoms with Gasteiger partial charge >= 0.3 is 0 Å². The first-order valence-corrected chi connectivity index (χ1v) is 23.0. The van der Waals surface area contributed by atoms with E-state index in [4.69, 9.17) is 9.47 Å². The molecule has 0 bridgehead atoms. The minimum absolute atomic E-state index is 0.0180. The van der Waals surface area contributed by atoms with E-state index in [0.29, 0.717) is 24.9 Å². The minimum atomic E-state index is -1.41. The molecular formula is C52H61N3O10. The van der Waals surface area contributed by atoms with Crippen molar-refractivity contribution < 1.29 is 48.5 Å². The second-order valence-corrected chi connectivity index (χ2v) is 19.9. The third-order valence-corrected chi connectivity index (χ3v) is 15.5. The average Bonchev–Trinajstić information content (AvgIpc) is 3.89. The van der Waals surface area contributed by atoms with Crippen molar-refractivity contribution in [3.05, 3.63) is 113 Å². The van der Waals surface area contributed by atoms with Crippen LogP contribution in [0.3, 0.4) is 0 Å². The molecule has 11 atom stereocenters. The number of benzene rings is 2. The summed E-state index contributed by atoms with van der Waals surface area (Å²) in [5.41, 5.74) is 3.04. The molecule has 6 aliphatic rings. The van der Waals surface area contributed by atoms with Gasteiger partial charge in [-0.3, -0.25) is 33.7 Å². The number of amides is 4. The van der Waals surface area contributed by atoms with Crippen LogP contribution in [0.15, 0.2) is 96.6 Å². The van der Waals surface area contributed by atoms with Gasteiger partial charge in [0.1, 0.15) is 6.61 Å². The highest BCUT2D eigenvalue weighted by Crippen LogP contribution is 2.70. The maximum Gasteiger partial charge on any atom is 0.253 e. The number of hydrogen-bond donors (Lipinski definition) is 4. The number of ether oxygens (including phenoxy) is 2. The van der Waals surface area contributed by atoms with Gasteiger partial charge in [0.15, 0.2) is 23.5 Å². The minimum Gasteiger partial charge on any atom is -0.393 e. The van der Waals surface area contributed by atoms with Crippen LogP contribution in [0.1, 0.15) is 96.1 Å². The van der Waals surface area contributed by atoms with Crippen molar-refractivity contribution in [2.75, 3.05) is 18.5 Å².